The largest absolute Gasteiger partial charge is 0.573 e. The molecule has 1 aromatic heterocycles. The quantitative estimate of drug-likeness (QED) is 0.0383. The molecule has 24 heteroatoms. The summed E-state index contributed by atoms with van der Waals surface area (Å²) in [6, 6.07) is 34.7. The summed E-state index contributed by atoms with van der Waals surface area (Å²) < 4.78 is 88.4. The number of rotatable bonds is 17. The first-order valence-electron chi connectivity index (χ1n) is 23.8. The average molecular weight is 1110 g/mol. The third-order valence-corrected chi connectivity index (χ3v) is 13.7. The van der Waals surface area contributed by atoms with Gasteiger partial charge in [-0.15, -0.1) is 36.5 Å². The highest BCUT2D eigenvalue weighted by Crippen LogP contribution is 2.37. The molecule has 4 N–H and O–H groups in total. The molecule has 16 nitrogen and oxygen atoms in total. The monoisotopic (exact) mass is 1110 g/mol. The minimum Gasteiger partial charge on any atom is -0.495 e. The molecule has 2 saturated heterocycles. The van der Waals surface area contributed by atoms with Crippen molar-refractivity contribution in [2.45, 2.75) is 32.5 Å². The van der Waals surface area contributed by atoms with E-state index in [0.29, 0.717) is 34.8 Å². The van der Waals surface area contributed by atoms with Crippen LogP contribution in [0.2, 0.25) is 0 Å². The van der Waals surface area contributed by atoms with E-state index in [9.17, 15) is 26.3 Å². The fraction of sp³-hybridized carbons (Fsp3) is 0.204. The number of aromatic nitrogens is 1. The average Bonchev–Trinajstić information content (AvgIpc) is 3.45. The number of hydrogen-bond acceptors (Lipinski definition) is 12. The lowest BCUT2D eigenvalue weighted by atomic mass is 9.99. The van der Waals surface area contributed by atoms with Crippen molar-refractivity contribution >= 4 is 93.4 Å². The van der Waals surface area contributed by atoms with Crippen LogP contribution in [0.15, 0.2) is 174 Å². The molecule has 0 aliphatic carbocycles. The Bertz CT molecular complexity index is 3260. The van der Waals surface area contributed by atoms with Crippen LogP contribution in [0.1, 0.15) is 39.9 Å². The second-order valence-corrected chi connectivity index (χ2v) is 19.1. The van der Waals surface area contributed by atoms with Crippen LogP contribution in [-0.4, -0.2) is 96.5 Å². The SMILES string of the molecule is COc1ccc(CC2CS/C(=N/N=C\c3ccc(C(N)=NC=Nc4ccc(OC(F)(F)F)cc4)cc3)N(c3cccnc3C)C2)cc1N1CCCS/C1=N/N=C/c1ccc(C(N)=NC=Nc2ccc(OC(F)(F)F)cc2)cc1. The molecule has 0 amide bonds. The summed E-state index contributed by atoms with van der Waals surface area (Å²) in [6.07, 6.45) is -0.338. The maximum atomic E-state index is 12.5. The summed E-state index contributed by atoms with van der Waals surface area (Å²) in [5.74, 6) is 2.29. The van der Waals surface area contributed by atoms with Gasteiger partial charge in [-0.1, -0.05) is 78.1 Å². The lowest BCUT2D eigenvalue weighted by Gasteiger charge is -2.35. The molecular formula is C54H49F6N13O3S2. The van der Waals surface area contributed by atoms with Crippen LogP contribution in [0.3, 0.4) is 0 Å². The molecule has 1 atom stereocenters. The topological polar surface area (TPSA) is 198 Å². The van der Waals surface area contributed by atoms with Crippen molar-refractivity contribution in [1.82, 2.24) is 4.98 Å². The van der Waals surface area contributed by atoms with Crippen LogP contribution in [-0.2, 0) is 6.42 Å². The van der Waals surface area contributed by atoms with Crippen molar-refractivity contribution in [2.24, 2.45) is 57.8 Å². The van der Waals surface area contributed by atoms with Crippen molar-refractivity contribution in [3.63, 3.8) is 0 Å². The zero-order valence-corrected chi connectivity index (χ0v) is 43.3. The minimum atomic E-state index is -4.78. The van der Waals surface area contributed by atoms with Gasteiger partial charge in [-0.05, 0) is 115 Å². The predicted octanol–water partition coefficient (Wildman–Crippen LogP) is 11.5. The molecule has 1 unspecified atom stereocenters. The number of methoxy groups -OCH3 is 1. The highest BCUT2D eigenvalue weighted by Gasteiger charge is 2.32. The second kappa shape index (κ2) is 26.0. The van der Waals surface area contributed by atoms with Gasteiger partial charge in [0.15, 0.2) is 10.3 Å². The number of amidine groups is 4. The van der Waals surface area contributed by atoms with Crippen LogP contribution in [0.5, 0.6) is 17.2 Å². The van der Waals surface area contributed by atoms with Crippen LogP contribution in [0.25, 0.3) is 0 Å². The maximum absolute atomic E-state index is 12.5. The smallest absolute Gasteiger partial charge is 0.495 e. The van der Waals surface area contributed by atoms with E-state index in [2.05, 4.69) is 76.8 Å². The highest BCUT2D eigenvalue weighted by molar-refractivity contribution is 8.14. The fourth-order valence-electron chi connectivity index (χ4n) is 7.80. The number of hydrogen-bond donors (Lipinski definition) is 2. The highest BCUT2D eigenvalue weighted by atomic mass is 32.2. The molecule has 8 rings (SSSR count). The lowest BCUT2D eigenvalue weighted by molar-refractivity contribution is -0.275. The number of aliphatic imine (C=N–C) groups is 4. The number of thioether (sulfide) groups is 2. The van der Waals surface area contributed by atoms with E-state index in [1.165, 1.54) is 36.9 Å². The number of ether oxygens (including phenoxy) is 3. The Morgan fingerprint density at radius 3 is 1.73 bits per heavy atom. The number of nitrogens with zero attached hydrogens (tertiary/aromatic N) is 11. The van der Waals surface area contributed by atoms with Gasteiger partial charge in [0.1, 0.15) is 41.6 Å². The van der Waals surface area contributed by atoms with Gasteiger partial charge in [-0.2, -0.15) is 10.2 Å². The summed E-state index contributed by atoms with van der Waals surface area (Å²) in [4.78, 5) is 25.4. The van der Waals surface area contributed by atoms with E-state index < -0.39 is 12.7 Å². The van der Waals surface area contributed by atoms with Gasteiger partial charge in [0.05, 0.1) is 48.0 Å². The minimum absolute atomic E-state index is 0.189. The fourth-order valence-corrected chi connectivity index (χ4v) is 9.75. The molecule has 2 aliphatic heterocycles. The van der Waals surface area contributed by atoms with Gasteiger partial charge in [0.2, 0.25) is 0 Å². The molecule has 0 bridgehead atoms. The van der Waals surface area contributed by atoms with Gasteiger partial charge in [-0.25, -0.2) is 20.0 Å². The molecule has 6 aromatic rings. The number of halogens is 6. The molecule has 0 spiro atoms. The van der Waals surface area contributed by atoms with Crippen molar-refractivity contribution in [1.29, 1.82) is 0 Å². The Balaban J connectivity index is 0.894. The molecule has 0 saturated carbocycles. The summed E-state index contributed by atoms with van der Waals surface area (Å²) >= 11 is 3.24. The molecular weight excluding hydrogens is 1060 g/mol. The summed E-state index contributed by atoms with van der Waals surface area (Å²) in [5.41, 5.74) is 19.7. The summed E-state index contributed by atoms with van der Waals surface area (Å²) in [7, 11) is 1.66. The van der Waals surface area contributed by atoms with E-state index >= 15 is 0 Å². The van der Waals surface area contributed by atoms with Crippen LogP contribution in [0, 0.1) is 12.8 Å². The number of aryl methyl sites for hydroxylation is 1. The molecule has 402 valence electrons. The second-order valence-electron chi connectivity index (χ2n) is 17.1. The van der Waals surface area contributed by atoms with E-state index in [4.69, 9.17) is 16.2 Å². The summed E-state index contributed by atoms with van der Waals surface area (Å²) in [5, 5.41) is 19.7. The Morgan fingerprint density at radius 1 is 0.679 bits per heavy atom. The van der Waals surface area contributed by atoms with Crippen molar-refractivity contribution in [3.8, 4) is 17.2 Å². The molecule has 78 heavy (non-hydrogen) atoms. The Kier molecular flexibility index (Phi) is 18.6. The first-order valence-corrected chi connectivity index (χ1v) is 25.8. The molecule has 3 heterocycles. The first-order chi connectivity index (χ1) is 37.6. The molecule has 2 aliphatic rings. The van der Waals surface area contributed by atoms with Crippen molar-refractivity contribution in [3.05, 3.63) is 167 Å². The third-order valence-electron chi connectivity index (χ3n) is 11.5. The first kappa shape index (κ1) is 55.7. The molecule has 5 aromatic carbocycles. The number of alkyl halides is 6. The Labute approximate surface area is 453 Å². The van der Waals surface area contributed by atoms with Crippen LogP contribution < -0.4 is 35.5 Å². The van der Waals surface area contributed by atoms with Gasteiger partial charge in [0, 0.05) is 41.9 Å². The predicted molar refractivity (Wildman–Crippen MR) is 300 cm³/mol. The van der Waals surface area contributed by atoms with E-state index in [-0.39, 0.29) is 29.1 Å². The third kappa shape index (κ3) is 16.3. The van der Waals surface area contributed by atoms with Crippen LogP contribution in [0.4, 0.5) is 49.1 Å². The maximum Gasteiger partial charge on any atom is 0.573 e. The number of nitrogens with two attached hydrogens (primary N) is 2. The zero-order chi connectivity index (χ0) is 55.1. The van der Waals surface area contributed by atoms with Gasteiger partial charge < -0.3 is 35.5 Å². The molecule has 2 fully saturated rings. The normalized spacial score (nSPS) is 17.1. The lowest BCUT2D eigenvalue weighted by Crippen LogP contribution is -2.40. The van der Waals surface area contributed by atoms with Crippen LogP contribution >= 0.6 is 23.5 Å². The number of pyridine rings is 1. The van der Waals surface area contributed by atoms with Gasteiger partial charge in [0.25, 0.3) is 0 Å². The van der Waals surface area contributed by atoms with Gasteiger partial charge >= 0.3 is 12.7 Å². The molecule has 0 radical (unpaired) electrons. The Hall–Kier alpha value is -8.51. The standard InChI is InChI=1S/C54H49F6N13O3S2/c1-35-46(5-3-24-63-35)73-31-39(32-78-52(73)71-69-30-37-8-13-41(14-9-37)50(62)67-34-65-43-17-21-45(22-18-43)76-54(58,59)60)27-38-10-23-48(74-2)47(28-38)72-25-4-26-77-51(72)70-68-29-36-6-11-40(12-7-36)49(61)66-33-64-42-15-19-44(20-16-42)75-53(55,56)57/h3,5-24,28-30,33-34,39H,4,25-27,31-32H2,1-2H3,(H2,61,64,66)(H2,62,65,67)/b68-29+,69-30-,70-51+,71-52+. The number of benzene rings is 5. The van der Waals surface area contributed by atoms with Crippen molar-refractivity contribution in [2.75, 3.05) is 41.5 Å². The van der Waals surface area contributed by atoms with E-state index in [1.54, 1.807) is 73.5 Å². The Morgan fingerprint density at radius 2 is 1.22 bits per heavy atom. The van der Waals surface area contributed by atoms with Crippen molar-refractivity contribution < 1.29 is 40.6 Å². The van der Waals surface area contributed by atoms with Gasteiger partial charge in [-0.3, -0.25) is 4.98 Å². The van der Waals surface area contributed by atoms with E-state index in [0.717, 1.165) is 99.3 Å². The number of anilines is 2. The van der Waals surface area contributed by atoms with E-state index in [1.807, 2.05) is 49.4 Å². The zero-order valence-electron chi connectivity index (χ0n) is 41.7. The summed E-state index contributed by atoms with van der Waals surface area (Å²) in [6.45, 7) is 3.36.